The maximum absolute atomic E-state index is 5.85. The van der Waals surface area contributed by atoms with Gasteiger partial charge in [0.05, 0.1) is 11.0 Å². The van der Waals surface area contributed by atoms with Gasteiger partial charge < -0.3 is 4.57 Å². The summed E-state index contributed by atoms with van der Waals surface area (Å²) in [7, 11) is 2.01. The molecule has 0 aliphatic rings. The molecule has 0 N–H and O–H groups in total. The minimum atomic E-state index is 0.509. The van der Waals surface area contributed by atoms with Crippen molar-refractivity contribution >= 4 is 22.6 Å². The molecule has 90 valence electrons. The minimum absolute atomic E-state index is 0.509. The number of benzene rings is 1. The maximum atomic E-state index is 5.85. The number of alkyl halides is 1. The van der Waals surface area contributed by atoms with Gasteiger partial charge in [-0.05, 0) is 29.8 Å². The van der Waals surface area contributed by atoms with E-state index in [0.29, 0.717) is 5.88 Å². The van der Waals surface area contributed by atoms with Crippen molar-refractivity contribution in [2.45, 2.75) is 5.88 Å². The van der Waals surface area contributed by atoms with Gasteiger partial charge in [0.1, 0.15) is 5.82 Å². The van der Waals surface area contributed by atoms with E-state index in [2.05, 4.69) is 20.6 Å². The summed E-state index contributed by atoms with van der Waals surface area (Å²) in [6.45, 7) is 0. The molecule has 0 bridgehead atoms. The molecule has 0 saturated carbocycles. The third-order valence-corrected chi connectivity index (χ3v) is 3.33. The fourth-order valence-corrected chi connectivity index (χ4v) is 2.25. The summed E-state index contributed by atoms with van der Waals surface area (Å²) in [6, 6.07) is 10.0. The molecule has 0 radical (unpaired) electrons. The molecule has 18 heavy (non-hydrogen) atoms. The van der Waals surface area contributed by atoms with Crippen LogP contribution in [-0.4, -0.2) is 14.5 Å². The van der Waals surface area contributed by atoms with Gasteiger partial charge in [0.25, 0.3) is 0 Å². The Morgan fingerprint density at radius 2 is 2.17 bits per heavy atom. The molecule has 2 heterocycles. The Bertz CT molecular complexity index is 689. The van der Waals surface area contributed by atoms with Crippen LogP contribution in [0.4, 0.5) is 0 Å². The highest BCUT2D eigenvalue weighted by atomic mass is 35.5. The predicted octanol–water partition coefficient (Wildman–Crippen LogP) is 3.37. The second-order valence-corrected chi connectivity index (χ2v) is 4.46. The zero-order valence-corrected chi connectivity index (χ0v) is 10.7. The van der Waals surface area contributed by atoms with Gasteiger partial charge >= 0.3 is 0 Å². The molecule has 0 aliphatic carbocycles. The van der Waals surface area contributed by atoms with Crippen molar-refractivity contribution in [2.75, 3.05) is 0 Å². The molecule has 1 aromatic carbocycles. The van der Waals surface area contributed by atoms with Crippen LogP contribution in [0.3, 0.4) is 0 Å². The lowest BCUT2D eigenvalue weighted by atomic mass is 10.2. The van der Waals surface area contributed by atoms with Crippen LogP contribution in [0, 0.1) is 0 Å². The first-order valence-electron chi connectivity index (χ1n) is 5.71. The van der Waals surface area contributed by atoms with Crippen LogP contribution >= 0.6 is 11.6 Å². The standard InChI is InChI=1S/C14H12ClN3/c1-18-13-5-4-10(8-15)7-12(13)17-14(18)11-3-2-6-16-9-11/h2-7,9H,8H2,1H3. The summed E-state index contributed by atoms with van der Waals surface area (Å²) < 4.78 is 2.07. The molecule has 3 nitrogen and oxygen atoms in total. The van der Waals surface area contributed by atoms with Crippen molar-refractivity contribution in [1.82, 2.24) is 14.5 Å². The Morgan fingerprint density at radius 1 is 1.28 bits per heavy atom. The Hall–Kier alpha value is -1.87. The molecule has 3 aromatic rings. The molecule has 0 fully saturated rings. The van der Waals surface area contributed by atoms with Crippen molar-refractivity contribution in [2.24, 2.45) is 7.05 Å². The van der Waals surface area contributed by atoms with Crippen LogP contribution in [0.5, 0.6) is 0 Å². The third-order valence-electron chi connectivity index (χ3n) is 3.02. The first kappa shape index (κ1) is 11.2. The monoisotopic (exact) mass is 257 g/mol. The maximum Gasteiger partial charge on any atom is 0.142 e. The Labute approximate surface area is 110 Å². The Morgan fingerprint density at radius 3 is 2.89 bits per heavy atom. The van der Waals surface area contributed by atoms with Gasteiger partial charge in [-0.25, -0.2) is 4.98 Å². The van der Waals surface area contributed by atoms with Crippen LogP contribution < -0.4 is 0 Å². The smallest absolute Gasteiger partial charge is 0.142 e. The average Bonchev–Trinajstić information content (AvgIpc) is 2.76. The van der Waals surface area contributed by atoms with Gasteiger partial charge in [0, 0.05) is 30.9 Å². The molecule has 0 saturated heterocycles. The van der Waals surface area contributed by atoms with E-state index in [0.717, 1.165) is 28.0 Å². The number of pyridine rings is 1. The van der Waals surface area contributed by atoms with E-state index in [1.165, 1.54) is 0 Å². The largest absolute Gasteiger partial charge is 0.327 e. The lowest BCUT2D eigenvalue weighted by Crippen LogP contribution is -1.92. The Balaban J connectivity index is 2.23. The second-order valence-electron chi connectivity index (χ2n) is 4.19. The molecular weight excluding hydrogens is 246 g/mol. The van der Waals surface area contributed by atoms with Crippen molar-refractivity contribution in [3.63, 3.8) is 0 Å². The highest BCUT2D eigenvalue weighted by molar-refractivity contribution is 6.17. The summed E-state index contributed by atoms with van der Waals surface area (Å²) in [4.78, 5) is 8.79. The van der Waals surface area contributed by atoms with Crippen LogP contribution in [0.1, 0.15) is 5.56 Å². The van der Waals surface area contributed by atoms with E-state index in [1.54, 1.807) is 6.20 Å². The predicted molar refractivity (Wildman–Crippen MR) is 73.5 cm³/mol. The zero-order chi connectivity index (χ0) is 12.5. The SMILES string of the molecule is Cn1c(-c2cccnc2)nc2cc(CCl)ccc21. The summed E-state index contributed by atoms with van der Waals surface area (Å²) in [6.07, 6.45) is 3.58. The summed E-state index contributed by atoms with van der Waals surface area (Å²) in [5, 5.41) is 0. The first-order chi connectivity index (χ1) is 8.79. The summed E-state index contributed by atoms with van der Waals surface area (Å²) >= 11 is 5.85. The quantitative estimate of drug-likeness (QED) is 0.659. The molecule has 0 unspecified atom stereocenters. The third kappa shape index (κ3) is 1.77. The van der Waals surface area contributed by atoms with Gasteiger partial charge in [0.2, 0.25) is 0 Å². The van der Waals surface area contributed by atoms with E-state index < -0.39 is 0 Å². The lowest BCUT2D eigenvalue weighted by Gasteiger charge is -2.01. The molecule has 0 spiro atoms. The fraction of sp³-hybridized carbons (Fsp3) is 0.143. The van der Waals surface area contributed by atoms with Crippen LogP contribution in [-0.2, 0) is 12.9 Å². The molecule has 3 rings (SSSR count). The molecule has 0 atom stereocenters. The molecule has 2 aromatic heterocycles. The van der Waals surface area contributed by atoms with Gasteiger partial charge in [-0.15, -0.1) is 11.6 Å². The number of imidazole rings is 1. The van der Waals surface area contributed by atoms with Gasteiger partial charge in [-0.3, -0.25) is 4.98 Å². The number of halogens is 1. The number of aromatic nitrogens is 3. The summed E-state index contributed by atoms with van der Waals surface area (Å²) in [5.41, 5.74) is 4.17. The van der Waals surface area contributed by atoms with Gasteiger partial charge in [0.15, 0.2) is 0 Å². The van der Waals surface area contributed by atoms with Crippen LogP contribution in [0.2, 0.25) is 0 Å². The van der Waals surface area contributed by atoms with Crippen molar-refractivity contribution < 1.29 is 0 Å². The number of rotatable bonds is 2. The highest BCUT2D eigenvalue weighted by Crippen LogP contribution is 2.24. The number of hydrogen-bond donors (Lipinski definition) is 0. The van der Waals surface area contributed by atoms with E-state index >= 15 is 0 Å². The van der Waals surface area contributed by atoms with E-state index in [9.17, 15) is 0 Å². The average molecular weight is 258 g/mol. The van der Waals surface area contributed by atoms with E-state index in [1.807, 2.05) is 37.5 Å². The van der Waals surface area contributed by atoms with E-state index in [-0.39, 0.29) is 0 Å². The van der Waals surface area contributed by atoms with Crippen molar-refractivity contribution in [1.29, 1.82) is 0 Å². The number of fused-ring (bicyclic) bond motifs is 1. The van der Waals surface area contributed by atoms with Crippen LogP contribution in [0.15, 0.2) is 42.7 Å². The normalized spacial score (nSPS) is 11.0. The molecule has 0 aliphatic heterocycles. The van der Waals surface area contributed by atoms with Crippen molar-refractivity contribution in [3.05, 3.63) is 48.3 Å². The molecule has 4 heteroatoms. The highest BCUT2D eigenvalue weighted by Gasteiger charge is 2.09. The van der Waals surface area contributed by atoms with E-state index in [4.69, 9.17) is 11.6 Å². The number of nitrogens with zero attached hydrogens (tertiary/aromatic N) is 3. The Kier molecular flexibility index (Phi) is 2.76. The lowest BCUT2D eigenvalue weighted by molar-refractivity contribution is 0.957. The van der Waals surface area contributed by atoms with Gasteiger partial charge in [-0.2, -0.15) is 0 Å². The van der Waals surface area contributed by atoms with Gasteiger partial charge in [-0.1, -0.05) is 6.07 Å². The minimum Gasteiger partial charge on any atom is -0.327 e. The second kappa shape index (κ2) is 4.42. The molecule has 0 amide bonds. The number of hydrogen-bond acceptors (Lipinski definition) is 2. The number of aryl methyl sites for hydroxylation is 1. The van der Waals surface area contributed by atoms with Crippen LogP contribution in [0.25, 0.3) is 22.4 Å². The fourth-order valence-electron chi connectivity index (χ4n) is 2.08. The topological polar surface area (TPSA) is 30.7 Å². The zero-order valence-electron chi connectivity index (χ0n) is 9.97. The summed E-state index contributed by atoms with van der Waals surface area (Å²) in [5.74, 6) is 1.43. The van der Waals surface area contributed by atoms with Crippen molar-refractivity contribution in [3.8, 4) is 11.4 Å². The molecular formula is C14H12ClN3. The first-order valence-corrected chi connectivity index (χ1v) is 6.25.